The van der Waals surface area contributed by atoms with Crippen molar-refractivity contribution >= 4 is 38.9 Å². The highest BCUT2D eigenvalue weighted by atomic mass is 127. The summed E-state index contributed by atoms with van der Waals surface area (Å²) in [5.74, 6) is 3.52. The van der Waals surface area contributed by atoms with Crippen LogP contribution in [0.4, 0.5) is 0 Å². The van der Waals surface area contributed by atoms with Crippen molar-refractivity contribution in [1.29, 1.82) is 0 Å². The van der Waals surface area contributed by atoms with Gasteiger partial charge in [-0.1, -0.05) is 117 Å². The molecule has 3 fully saturated rings. The minimum Gasteiger partial charge on any atom is -0.400 e. The van der Waals surface area contributed by atoms with Gasteiger partial charge in [0.1, 0.15) is 12.5 Å². The van der Waals surface area contributed by atoms with E-state index in [9.17, 15) is 18.4 Å². The number of halogens is 1. The standard InChI is InChI=1S/C16H28IN3O5S.C8H16.C7H8.C6H13NO.CH4O/c1-3-5-15(14-21)16(17)20(22)10-13-26(23,24)18(2)6-4-7-19-8-11-25-12-9-19;1-2-8-6-4-3-5-7-8;1-7-5-3-2-4-6-7;1-7-6(8)4-5-2-3-5;1-2/h1,14-16,22H,4-13H2,2H3;8H,2-7H2,1H3;2-6H,1H3;5-8H,2-4H2,1H3;2H,1H3. The molecule has 1 aromatic carbocycles. The first-order chi connectivity index (χ1) is 24.5. The van der Waals surface area contributed by atoms with Gasteiger partial charge in [-0.2, -0.15) is 5.06 Å². The third-order valence-corrected chi connectivity index (χ3v) is 12.5. The Bertz CT molecular complexity index is 1110. The van der Waals surface area contributed by atoms with E-state index in [2.05, 4.69) is 42.1 Å². The number of morpholine rings is 1. The third kappa shape index (κ3) is 25.5. The van der Waals surface area contributed by atoms with Crippen molar-refractivity contribution in [3.05, 3.63) is 35.9 Å². The molecular weight excluding hydrogens is 783 g/mol. The van der Waals surface area contributed by atoms with Crippen molar-refractivity contribution in [2.75, 3.05) is 72.9 Å². The molecule has 11 nitrogen and oxygen atoms in total. The quantitative estimate of drug-likeness (QED) is 0.0335. The van der Waals surface area contributed by atoms with Gasteiger partial charge in [-0.25, -0.2) is 12.7 Å². The lowest BCUT2D eigenvalue weighted by Gasteiger charge is -2.28. The van der Waals surface area contributed by atoms with Gasteiger partial charge < -0.3 is 25.0 Å². The van der Waals surface area contributed by atoms with E-state index in [0.717, 1.165) is 69.7 Å². The predicted molar refractivity (Wildman–Crippen MR) is 216 cm³/mol. The molecule has 2 saturated carbocycles. The normalized spacial score (nSPS) is 18.2. The average Bonchev–Trinajstić information content (AvgIpc) is 3.99. The zero-order valence-corrected chi connectivity index (χ0v) is 34.9. The first-order valence-corrected chi connectivity index (χ1v) is 21.4. The summed E-state index contributed by atoms with van der Waals surface area (Å²) in [6, 6.07) is 10.3. The van der Waals surface area contributed by atoms with E-state index in [-0.39, 0.29) is 24.9 Å². The van der Waals surface area contributed by atoms with Gasteiger partial charge in [-0.15, -0.1) is 12.3 Å². The molecule has 4 N–H and O–H groups in total. The van der Waals surface area contributed by atoms with E-state index in [1.165, 1.54) is 61.2 Å². The SMILES string of the molecule is C#CCC(C=O)C(I)N(O)CCS(=O)(=O)N(C)CCCN1CCOCC1.CCC1CCCCC1.CNC(O)CC1CC1.CO.Cc1ccccc1. The van der Waals surface area contributed by atoms with E-state index < -0.39 is 20.0 Å². The number of alkyl halides is 1. The van der Waals surface area contributed by atoms with Gasteiger partial charge >= 0.3 is 0 Å². The fourth-order valence-electron chi connectivity index (χ4n) is 5.45. The Labute approximate surface area is 324 Å². The zero-order chi connectivity index (χ0) is 38.5. The number of terminal acetylenes is 1. The number of carbonyl (C=O) groups is 1. The number of nitrogens with zero attached hydrogens (tertiary/aromatic N) is 3. The minimum atomic E-state index is -3.48. The first kappa shape index (κ1) is 49.8. The molecule has 0 aromatic heterocycles. The molecule has 296 valence electrons. The number of rotatable bonds is 16. The summed E-state index contributed by atoms with van der Waals surface area (Å²) in [5, 5.41) is 29.7. The van der Waals surface area contributed by atoms with Crippen molar-refractivity contribution in [2.45, 2.75) is 94.8 Å². The van der Waals surface area contributed by atoms with Crippen LogP contribution in [0.1, 0.15) is 83.1 Å². The summed E-state index contributed by atoms with van der Waals surface area (Å²) in [6.07, 6.45) is 19.1. The number of sulfonamides is 1. The Kier molecular flexibility index (Phi) is 30.5. The molecule has 3 aliphatic rings. The van der Waals surface area contributed by atoms with Crippen LogP contribution in [-0.4, -0.2) is 128 Å². The fourth-order valence-corrected chi connectivity index (χ4v) is 7.29. The maximum absolute atomic E-state index is 12.4. The summed E-state index contributed by atoms with van der Waals surface area (Å²) in [4.78, 5) is 13.3. The topological polar surface area (TPSA) is 143 Å². The third-order valence-electron chi connectivity index (χ3n) is 9.10. The van der Waals surface area contributed by atoms with Crippen LogP contribution < -0.4 is 5.32 Å². The number of hydrogen-bond acceptors (Lipinski definition) is 10. The highest BCUT2D eigenvalue weighted by molar-refractivity contribution is 14.1. The number of benzene rings is 1. The minimum absolute atomic E-state index is 0.0847. The summed E-state index contributed by atoms with van der Waals surface area (Å²) >= 11 is 1.89. The van der Waals surface area contributed by atoms with Gasteiger partial charge in [0.25, 0.3) is 0 Å². The van der Waals surface area contributed by atoms with Gasteiger partial charge in [-0.3, -0.25) is 10.2 Å². The second kappa shape index (κ2) is 31.2. The molecule has 0 spiro atoms. The van der Waals surface area contributed by atoms with E-state index in [4.69, 9.17) is 21.4 Å². The number of carbonyl (C=O) groups excluding carboxylic acids is 1. The van der Waals surface area contributed by atoms with Crippen LogP contribution in [0.5, 0.6) is 0 Å². The van der Waals surface area contributed by atoms with Crippen molar-refractivity contribution < 1.29 is 33.4 Å². The lowest BCUT2D eigenvalue weighted by molar-refractivity contribution is -0.124. The highest BCUT2D eigenvalue weighted by Crippen LogP contribution is 2.32. The van der Waals surface area contributed by atoms with Crippen LogP contribution in [-0.2, 0) is 19.6 Å². The monoisotopic (exact) mass is 852 g/mol. The van der Waals surface area contributed by atoms with Crippen LogP contribution >= 0.6 is 22.6 Å². The maximum atomic E-state index is 12.4. The fraction of sp³-hybridized carbons (Fsp3) is 0.763. The Hall–Kier alpha value is -1.19. The molecule has 0 bridgehead atoms. The highest BCUT2D eigenvalue weighted by Gasteiger charge is 2.26. The Morgan fingerprint density at radius 1 is 1.08 bits per heavy atom. The first-order valence-electron chi connectivity index (χ1n) is 18.5. The molecule has 1 aromatic rings. The van der Waals surface area contributed by atoms with E-state index >= 15 is 0 Å². The van der Waals surface area contributed by atoms with E-state index in [0.29, 0.717) is 12.8 Å². The molecule has 1 aliphatic heterocycles. The number of aliphatic hydroxyl groups excluding tert-OH is 2. The van der Waals surface area contributed by atoms with Crippen molar-refractivity contribution in [3.8, 4) is 12.3 Å². The molecule has 3 unspecified atom stereocenters. The summed E-state index contributed by atoms with van der Waals surface area (Å²) in [6.45, 7) is 8.77. The predicted octanol–water partition coefficient (Wildman–Crippen LogP) is 5.17. The van der Waals surface area contributed by atoms with Crippen molar-refractivity contribution in [2.24, 2.45) is 17.8 Å². The number of aldehydes is 1. The molecule has 4 rings (SSSR count). The van der Waals surface area contributed by atoms with Crippen molar-refractivity contribution in [1.82, 2.24) is 19.6 Å². The van der Waals surface area contributed by atoms with Gasteiger partial charge in [0.15, 0.2) is 0 Å². The van der Waals surface area contributed by atoms with E-state index in [1.54, 1.807) is 14.1 Å². The number of hydrogen-bond donors (Lipinski definition) is 4. The van der Waals surface area contributed by atoms with Crippen molar-refractivity contribution in [3.63, 3.8) is 0 Å². The van der Waals surface area contributed by atoms with Crippen LogP contribution in [0.25, 0.3) is 0 Å². The molecule has 0 radical (unpaired) electrons. The summed E-state index contributed by atoms with van der Waals surface area (Å²) in [7, 11) is 0.851. The second-order valence-corrected chi connectivity index (χ2v) is 16.7. The molecule has 0 amide bonds. The molecule has 13 heteroatoms. The Morgan fingerprint density at radius 2 is 1.69 bits per heavy atom. The van der Waals surface area contributed by atoms with Gasteiger partial charge in [0.05, 0.1) is 28.9 Å². The maximum Gasteiger partial charge on any atom is 0.215 e. The van der Waals surface area contributed by atoms with Crippen LogP contribution in [0.15, 0.2) is 30.3 Å². The number of hydroxylamine groups is 2. The number of aryl methyl sites for hydroxylation is 1. The molecule has 2 aliphatic carbocycles. The van der Waals surface area contributed by atoms with Gasteiger partial charge in [0.2, 0.25) is 10.0 Å². The number of aliphatic hydroxyl groups is 2. The smallest absolute Gasteiger partial charge is 0.215 e. The lowest BCUT2D eigenvalue weighted by atomic mass is 9.88. The summed E-state index contributed by atoms with van der Waals surface area (Å²) < 4.78 is 30.8. The number of nitrogens with one attached hydrogen (secondary N) is 1. The zero-order valence-electron chi connectivity index (χ0n) is 32.0. The van der Waals surface area contributed by atoms with Crippen LogP contribution in [0, 0.1) is 37.0 Å². The molecule has 3 atom stereocenters. The van der Waals surface area contributed by atoms with E-state index in [1.807, 2.05) is 40.8 Å². The van der Waals surface area contributed by atoms with Crippen LogP contribution in [0.3, 0.4) is 0 Å². The Morgan fingerprint density at radius 3 is 2.14 bits per heavy atom. The molecule has 1 saturated heterocycles. The largest absolute Gasteiger partial charge is 0.400 e. The number of ether oxygens (including phenoxy) is 1. The summed E-state index contributed by atoms with van der Waals surface area (Å²) in [5.41, 5.74) is 1.32. The molecule has 1 heterocycles. The second-order valence-electron chi connectivity index (χ2n) is 13.2. The Balaban J connectivity index is 0.000000796. The van der Waals surface area contributed by atoms with Crippen LogP contribution in [0.2, 0.25) is 0 Å². The average molecular weight is 853 g/mol. The molecule has 51 heavy (non-hydrogen) atoms. The lowest BCUT2D eigenvalue weighted by Crippen LogP contribution is -2.41. The van der Waals surface area contributed by atoms with Gasteiger partial charge in [0, 0.05) is 46.8 Å². The van der Waals surface area contributed by atoms with Gasteiger partial charge in [-0.05, 0) is 45.2 Å². The molecular formula is C38H69IN4O7S.